The number of phenolic OH excluding ortho intramolecular Hbond substituents is 1. The summed E-state index contributed by atoms with van der Waals surface area (Å²) in [6.07, 6.45) is 0. The van der Waals surface area contributed by atoms with Crippen LogP contribution in [0, 0.1) is 6.92 Å². The Kier molecular flexibility index (Phi) is 2.49. The number of fused-ring (bicyclic) bond motifs is 1. The number of rotatable bonds is 1. The molecule has 0 fully saturated rings. The molecule has 90 valence electrons. The lowest BCUT2D eigenvalue weighted by Gasteiger charge is -2.06. The predicted molar refractivity (Wildman–Crippen MR) is 72.0 cm³/mol. The highest BCUT2D eigenvalue weighted by atomic mass is 35.5. The molecule has 1 N–H and O–H groups in total. The maximum absolute atomic E-state index is 9.93. The Morgan fingerprint density at radius 1 is 1.11 bits per heavy atom. The van der Waals surface area contributed by atoms with E-state index in [-0.39, 0.29) is 5.75 Å². The second-order valence-electron chi connectivity index (χ2n) is 4.13. The van der Waals surface area contributed by atoms with E-state index in [0.717, 1.165) is 11.2 Å². The molecule has 0 atom stereocenters. The molecule has 3 nitrogen and oxygen atoms in total. The van der Waals surface area contributed by atoms with Gasteiger partial charge in [0, 0.05) is 5.69 Å². The lowest BCUT2D eigenvalue weighted by atomic mass is 10.2. The molecule has 3 rings (SSSR count). The van der Waals surface area contributed by atoms with Crippen molar-refractivity contribution in [3.05, 3.63) is 53.3 Å². The van der Waals surface area contributed by atoms with E-state index in [9.17, 15) is 5.11 Å². The molecule has 0 unspecified atom stereocenters. The van der Waals surface area contributed by atoms with Crippen LogP contribution in [0.3, 0.4) is 0 Å². The zero-order chi connectivity index (χ0) is 12.7. The van der Waals surface area contributed by atoms with Gasteiger partial charge in [-0.15, -0.1) is 0 Å². The Balaban J connectivity index is 2.41. The monoisotopic (exact) mass is 258 g/mol. The molecule has 0 saturated carbocycles. The summed E-state index contributed by atoms with van der Waals surface area (Å²) in [4.78, 5) is 4.35. The molecule has 0 saturated heterocycles. The van der Waals surface area contributed by atoms with Gasteiger partial charge in [-0.05, 0) is 31.2 Å². The topological polar surface area (TPSA) is 37.5 Å². The van der Waals surface area contributed by atoms with Crippen LogP contribution in [0.5, 0.6) is 5.75 Å². The summed E-state index contributed by atoms with van der Waals surface area (Å²) in [6.45, 7) is 1.98. The quantitative estimate of drug-likeness (QED) is 0.723. The lowest BCUT2D eigenvalue weighted by molar-refractivity contribution is 0.477. The molecular weight excluding hydrogens is 248 g/mol. The number of aryl methyl sites for hydroxylation is 1. The molecule has 0 aliphatic rings. The highest BCUT2D eigenvalue weighted by Crippen LogP contribution is 2.31. The van der Waals surface area contributed by atoms with Gasteiger partial charge in [0.15, 0.2) is 5.15 Å². The first-order chi connectivity index (χ1) is 8.68. The van der Waals surface area contributed by atoms with Crippen LogP contribution in [-0.4, -0.2) is 14.5 Å². The zero-order valence-corrected chi connectivity index (χ0v) is 10.5. The molecule has 0 radical (unpaired) electrons. The van der Waals surface area contributed by atoms with Gasteiger partial charge in [0.1, 0.15) is 11.6 Å². The van der Waals surface area contributed by atoms with Crippen LogP contribution >= 0.6 is 11.6 Å². The first-order valence-electron chi connectivity index (χ1n) is 5.60. The predicted octanol–water partition coefficient (Wildman–Crippen LogP) is 3.67. The Morgan fingerprint density at radius 3 is 2.67 bits per heavy atom. The van der Waals surface area contributed by atoms with Crippen LogP contribution in [0.1, 0.15) is 5.69 Å². The van der Waals surface area contributed by atoms with Crippen molar-refractivity contribution in [3.63, 3.8) is 0 Å². The van der Waals surface area contributed by atoms with Gasteiger partial charge in [-0.1, -0.05) is 29.8 Å². The second-order valence-corrected chi connectivity index (χ2v) is 4.49. The summed E-state index contributed by atoms with van der Waals surface area (Å²) in [5.41, 5.74) is 2.54. The lowest BCUT2D eigenvalue weighted by Crippen LogP contribution is -1.93. The molecule has 0 aliphatic carbocycles. The number of hydrogen-bond acceptors (Lipinski definition) is 2. The average Bonchev–Trinajstić information content (AvgIpc) is 2.69. The molecule has 2 aromatic heterocycles. The zero-order valence-electron chi connectivity index (χ0n) is 9.76. The summed E-state index contributed by atoms with van der Waals surface area (Å²) in [5, 5.41) is 10.4. The number of pyridine rings is 1. The van der Waals surface area contributed by atoms with Crippen molar-refractivity contribution in [1.82, 2.24) is 9.38 Å². The van der Waals surface area contributed by atoms with Gasteiger partial charge in [-0.25, -0.2) is 4.98 Å². The summed E-state index contributed by atoms with van der Waals surface area (Å²) >= 11 is 6.14. The van der Waals surface area contributed by atoms with Crippen LogP contribution in [0.2, 0.25) is 5.15 Å². The summed E-state index contributed by atoms with van der Waals surface area (Å²) < 4.78 is 1.94. The second kappa shape index (κ2) is 4.03. The van der Waals surface area contributed by atoms with E-state index < -0.39 is 0 Å². The minimum atomic E-state index is 0.198. The third-order valence-corrected chi connectivity index (χ3v) is 3.24. The molecule has 2 heterocycles. The molecule has 18 heavy (non-hydrogen) atoms. The Morgan fingerprint density at radius 2 is 1.89 bits per heavy atom. The van der Waals surface area contributed by atoms with Gasteiger partial charge in [0.2, 0.25) is 0 Å². The van der Waals surface area contributed by atoms with Gasteiger partial charge >= 0.3 is 0 Å². The Hall–Kier alpha value is -2.00. The third-order valence-electron chi connectivity index (χ3n) is 2.96. The molecule has 1 aromatic carbocycles. The minimum Gasteiger partial charge on any atom is -0.507 e. The van der Waals surface area contributed by atoms with Gasteiger partial charge in [-0.2, -0.15) is 0 Å². The average molecular weight is 259 g/mol. The van der Waals surface area contributed by atoms with Crippen LogP contribution < -0.4 is 0 Å². The van der Waals surface area contributed by atoms with Crippen LogP contribution in [0.25, 0.3) is 16.9 Å². The van der Waals surface area contributed by atoms with Crippen LogP contribution in [-0.2, 0) is 0 Å². The normalized spacial score (nSPS) is 11.0. The molecule has 0 aliphatic heterocycles. The van der Waals surface area contributed by atoms with Gasteiger partial charge < -0.3 is 5.11 Å². The van der Waals surface area contributed by atoms with Crippen LogP contribution in [0.15, 0.2) is 42.5 Å². The fraction of sp³-hybridized carbons (Fsp3) is 0.0714. The fourth-order valence-electron chi connectivity index (χ4n) is 2.10. The number of halogens is 1. The third kappa shape index (κ3) is 1.56. The number of aromatic hydroxyl groups is 1. The molecular formula is C14H11ClN2O. The summed E-state index contributed by atoms with van der Waals surface area (Å²) in [6, 6.07) is 12.9. The highest BCUT2D eigenvalue weighted by Gasteiger charge is 2.14. The smallest absolute Gasteiger partial charge is 0.155 e. The number of imidazole rings is 1. The Bertz CT molecular complexity index is 734. The SMILES string of the molecule is Cc1cccc2c(Cl)nc(-c3ccccc3O)n12. The van der Waals surface area contributed by atoms with Crippen molar-refractivity contribution < 1.29 is 5.11 Å². The summed E-state index contributed by atoms with van der Waals surface area (Å²) in [7, 11) is 0. The molecule has 3 aromatic rings. The molecule has 0 spiro atoms. The van der Waals surface area contributed by atoms with E-state index in [4.69, 9.17) is 11.6 Å². The largest absolute Gasteiger partial charge is 0.507 e. The van der Waals surface area contributed by atoms with E-state index in [0.29, 0.717) is 16.5 Å². The van der Waals surface area contributed by atoms with Gasteiger partial charge in [0.25, 0.3) is 0 Å². The van der Waals surface area contributed by atoms with E-state index in [1.165, 1.54) is 0 Å². The number of benzene rings is 1. The number of phenols is 1. The van der Waals surface area contributed by atoms with Crippen molar-refractivity contribution >= 4 is 17.1 Å². The van der Waals surface area contributed by atoms with Crippen molar-refractivity contribution in [2.45, 2.75) is 6.92 Å². The first-order valence-corrected chi connectivity index (χ1v) is 5.98. The highest BCUT2D eigenvalue weighted by molar-refractivity contribution is 6.32. The molecule has 0 bridgehead atoms. The van der Waals surface area contributed by atoms with Crippen molar-refractivity contribution in [1.29, 1.82) is 0 Å². The van der Waals surface area contributed by atoms with Crippen molar-refractivity contribution in [3.8, 4) is 17.1 Å². The van der Waals surface area contributed by atoms with Gasteiger partial charge in [-0.3, -0.25) is 4.40 Å². The Labute approximate surface area is 109 Å². The number of aromatic nitrogens is 2. The van der Waals surface area contributed by atoms with Crippen LogP contribution in [0.4, 0.5) is 0 Å². The summed E-state index contributed by atoms with van der Waals surface area (Å²) in [5.74, 6) is 0.857. The minimum absolute atomic E-state index is 0.198. The fourth-order valence-corrected chi connectivity index (χ4v) is 2.33. The number of para-hydroxylation sites is 1. The molecule has 4 heteroatoms. The van der Waals surface area contributed by atoms with E-state index in [1.54, 1.807) is 12.1 Å². The molecule has 0 amide bonds. The van der Waals surface area contributed by atoms with E-state index in [2.05, 4.69) is 4.98 Å². The standard InChI is InChI=1S/C14H11ClN2O/c1-9-5-4-7-11-13(15)16-14(17(9)11)10-6-2-3-8-12(10)18/h2-8,18H,1H3. The van der Waals surface area contributed by atoms with E-state index >= 15 is 0 Å². The maximum atomic E-state index is 9.93. The van der Waals surface area contributed by atoms with Crippen molar-refractivity contribution in [2.24, 2.45) is 0 Å². The van der Waals surface area contributed by atoms with Crippen molar-refractivity contribution in [2.75, 3.05) is 0 Å². The first kappa shape index (κ1) is 11.1. The number of nitrogens with zero attached hydrogens (tertiary/aromatic N) is 2. The van der Waals surface area contributed by atoms with E-state index in [1.807, 2.05) is 41.7 Å². The number of hydrogen-bond donors (Lipinski definition) is 1. The maximum Gasteiger partial charge on any atom is 0.155 e. The van der Waals surface area contributed by atoms with Gasteiger partial charge in [0.05, 0.1) is 11.1 Å².